The van der Waals surface area contributed by atoms with Gasteiger partial charge in [0.1, 0.15) is 0 Å². The molecule has 0 saturated heterocycles. The summed E-state index contributed by atoms with van der Waals surface area (Å²) in [5.74, 6) is 0.445. The van der Waals surface area contributed by atoms with Crippen molar-refractivity contribution in [1.29, 1.82) is 0 Å². The first-order valence-corrected chi connectivity index (χ1v) is 3.09. The van der Waals surface area contributed by atoms with Crippen LogP contribution in [0.3, 0.4) is 0 Å². The first-order valence-electron chi connectivity index (χ1n) is 3.09. The molecule has 0 aliphatic rings. The fraction of sp³-hybridized carbons (Fsp3) is 1.00. The summed E-state index contributed by atoms with van der Waals surface area (Å²) in [5.41, 5.74) is 5.60. The molecule has 0 aliphatic carbocycles. The second-order valence-corrected chi connectivity index (χ2v) is 2.36. The summed E-state index contributed by atoms with van der Waals surface area (Å²) in [6.07, 6.45) is 0. The molecule has 9 heavy (non-hydrogen) atoms. The van der Waals surface area contributed by atoms with E-state index in [0.29, 0.717) is 12.5 Å². The molecule has 3 heteroatoms. The van der Waals surface area contributed by atoms with Crippen LogP contribution >= 0.6 is 0 Å². The summed E-state index contributed by atoms with van der Waals surface area (Å²) in [6.45, 7) is 4.56. The van der Waals surface area contributed by atoms with Crippen LogP contribution in [0.5, 0.6) is 0 Å². The van der Waals surface area contributed by atoms with Gasteiger partial charge in [-0.05, 0) is 5.92 Å². The summed E-state index contributed by atoms with van der Waals surface area (Å²) in [5, 5.41) is 0. The number of rotatable bonds is 4. The second kappa shape index (κ2) is 4.73. The number of hydrogen-bond donors (Lipinski definition) is 1. The summed E-state index contributed by atoms with van der Waals surface area (Å²) in [7, 11) is 1.48. The largest absolute Gasteiger partial charge is 0.325 e. The van der Waals surface area contributed by atoms with E-state index < -0.39 is 0 Å². The van der Waals surface area contributed by atoms with Crippen molar-refractivity contribution >= 4 is 0 Å². The predicted molar refractivity (Wildman–Crippen MR) is 35.8 cm³/mol. The Kier molecular flexibility index (Phi) is 4.67. The van der Waals surface area contributed by atoms with Crippen LogP contribution in [-0.2, 0) is 9.78 Å². The highest BCUT2D eigenvalue weighted by atomic mass is 17.2. The molecule has 56 valence electrons. The Bertz CT molecular complexity index is 66.1. The van der Waals surface area contributed by atoms with Crippen LogP contribution in [-0.4, -0.2) is 19.8 Å². The van der Waals surface area contributed by atoms with Gasteiger partial charge in [0, 0.05) is 6.04 Å². The molecule has 3 nitrogen and oxygen atoms in total. The first kappa shape index (κ1) is 8.88. The maximum atomic E-state index is 5.60. The van der Waals surface area contributed by atoms with E-state index in [1.807, 2.05) is 13.8 Å². The van der Waals surface area contributed by atoms with E-state index in [0.717, 1.165) is 0 Å². The maximum absolute atomic E-state index is 5.60. The lowest BCUT2D eigenvalue weighted by Crippen LogP contribution is -2.31. The molecule has 0 aromatic carbocycles. The van der Waals surface area contributed by atoms with Crippen LogP contribution in [0, 0.1) is 5.92 Å². The molecule has 0 rings (SSSR count). The van der Waals surface area contributed by atoms with E-state index in [1.54, 1.807) is 0 Å². The molecule has 1 unspecified atom stereocenters. The average molecular weight is 133 g/mol. The van der Waals surface area contributed by atoms with Crippen molar-refractivity contribution < 1.29 is 9.78 Å². The monoisotopic (exact) mass is 133 g/mol. The minimum Gasteiger partial charge on any atom is -0.325 e. The van der Waals surface area contributed by atoms with Crippen LogP contribution in [0.4, 0.5) is 0 Å². The zero-order valence-corrected chi connectivity index (χ0v) is 6.26. The highest BCUT2D eigenvalue weighted by Crippen LogP contribution is 1.97. The van der Waals surface area contributed by atoms with Gasteiger partial charge in [0.25, 0.3) is 0 Å². The smallest absolute Gasteiger partial charge is 0.0975 e. The molecule has 0 spiro atoms. The normalized spacial score (nSPS) is 14.3. The molecule has 0 aromatic heterocycles. The molecule has 0 aromatic rings. The van der Waals surface area contributed by atoms with E-state index in [9.17, 15) is 0 Å². The molecule has 0 radical (unpaired) electrons. The van der Waals surface area contributed by atoms with Crippen LogP contribution in [0.15, 0.2) is 0 Å². The van der Waals surface area contributed by atoms with Gasteiger partial charge in [-0.25, -0.2) is 9.78 Å². The third-order valence-corrected chi connectivity index (χ3v) is 1.23. The molecule has 1 atom stereocenters. The van der Waals surface area contributed by atoms with Gasteiger partial charge in [0.05, 0.1) is 13.7 Å². The van der Waals surface area contributed by atoms with E-state index in [-0.39, 0.29) is 6.04 Å². The number of hydrogen-bond acceptors (Lipinski definition) is 3. The molecule has 0 aliphatic heterocycles. The van der Waals surface area contributed by atoms with Crippen LogP contribution < -0.4 is 5.73 Å². The fourth-order valence-corrected chi connectivity index (χ4v) is 0.339. The van der Waals surface area contributed by atoms with E-state index in [1.165, 1.54) is 7.11 Å². The molecule has 0 fully saturated rings. The lowest BCUT2D eigenvalue weighted by atomic mass is 10.1. The zero-order chi connectivity index (χ0) is 7.28. The molecule has 0 bridgehead atoms. The Balaban J connectivity index is 3.16. The number of nitrogens with two attached hydrogens (primary N) is 1. The first-order chi connectivity index (χ1) is 4.18. The fourth-order valence-electron chi connectivity index (χ4n) is 0.339. The van der Waals surface area contributed by atoms with E-state index >= 15 is 0 Å². The second-order valence-electron chi connectivity index (χ2n) is 2.36. The summed E-state index contributed by atoms with van der Waals surface area (Å²) in [6, 6.07) is 0.0740. The van der Waals surface area contributed by atoms with Gasteiger partial charge >= 0.3 is 0 Å². The Morgan fingerprint density at radius 2 is 2.00 bits per heavy atom. The van der Waals surface area contributed by atoms with Gasteiger partial charge in [0.15, 0.2) is 0 Å². The Morgan fingerprint density at radius 3 is 2.33 bits per heavy atom. The van der Waals surface area contributed by atoms with Gasteiger partial charge in [0.2, 0.25) is 0 Å². The molecule has 2 N–H and O–H groups in total. The summed E-state index contributed by atoms with van der Waals surface area (Å²) >= 11 is 0. The summed E-state index contributed by atoms with van der Waals surface area (Å²) < 4.78 is 0. The highest BCUT2D eigenvalue weighted by molar-refractivity contribution is 4.62. The molecule has 0 heterocycles. The van der Waals surface area contributed by atoms with Gasteiger partial charge in [-0.2, -0.15) is 0 Å². The van der Waals surface area contributed by atoms with Crippen LogP contribution in [0.25, 0.3) is 0 Å². The minimum atomic E-state index is 0.0740. The predicted octanol–water partition coefficient (Wildman–Crippen LogP) is 0.548. The van der Waals surface area contributed by atoms with Crippen molar-refractivity contribution in [3.8, 4) is 0 Å². The highest BCUT2D eigenvalue weighted by Gasteiger charge is 2.06. The standard InChI is InChI=1S/C6H15NO2/c1-5(2)6(7)4-9-8-3/h5-6H,4,7H2,1-3H3. The van der Waals surface area contributed by atoms with Gasteiger partial charge in [-0.15, -0.1) is 0 Å². The van der Waals surface area contributed by atoms with Crippen LogP contribution in [0.2, 0.25) is 0 Å². The van der Waals surface area contributed by atoms with Crippen molar-refractivity contribution in [2.24, 2.45) is 11.7 Å². The third kappa shape index (κ3) is 4.39. The van der Waals surface area contributed by atoms with E-state index in [4.69, 9.17) is 5.73 Å². The van der Waals surface area contributed by atoms with Gasteiger partial charge in [-0.3, -0.25) is 0 Å². The van der Waals surface area contributed by atoms with Crippen molar-refractivity contribution in [3.05, 3.63) is 0 Å². The van der Waals surface area contributed by atoms with Gasteiger partial charge < -0.3 is 5.73 Å². The third-order valence-electron chi connectivity index (χ3n) is 1.23. The molecule has 0 amide bonds. The lowest BCUT2D eigenvalue weighted by Gasteiger charge is -2.13. The lowest BCUT2D eigenvalue weighted by molar-refractivity contribution is -0.276. The molecule has 0 saturated carbocycles. The van der Waals surface area contributed by atoms with Crippen molar-refractivity contribution in [1.82, 2.24) is 0 Å². The SMILES string of the molecule is COOCC(N)C(C)C. The Labute approximate surface area is 56.1 Å². The topological polar surface area (TPSA) is 44.5 Å². The van der Waals surface area contributed by atoms with Crippen molar-refractivity contribution in [2.45, 2.75) is 19.9 Å². The average Bonchev–Trinajstić information content (AvgIpc) is 1.82. The minimum absolute atomic E-state index is 0.0740. The zero-order valence-electron chi connectivity index (χ0n) is 6.26. The van der Waals surface area contributed by atoms with Crippen LogP contribution in [0.1, 0.15) is 13.8 Å². The molecular weight excluding hydrogens is 118 g/mol. The summed E-state index contributed by atoms with van der Waals surface area (Å²) in [4.78, 5) is 9.01. The Morgan fingerprint density at radius 1 is 1.44 bits per heavy atom. The molecular formula is C6H15NO2. The quantitative estimate of drug-likeness (QED) is 0.450. The van der Waals surface area contributed by atoms with Crippen molar-refractivity contribution in [3.63, 3.8) is 0 Å². The van der Waals surface area contributed by atoms with Crippen molar-refractivity contribution in [2.75, 3.05) is 13.7 Å². The van der Waals surface area contributed by atoms with Gasteiger partial charge in [-0.1, -0.05) is 13.8 Å². The van der Waals surface area contributed by atoms with E-state index in [2.05, 4.69) is 9.78 Å². The Hall–Kier alpha value is -0.120. The maximum Gasteiger partial charge on any atom is 0.0975 e.